The molecule has 0 amide bonds. The maximum absolute atomic E-state index is 5.37. The van der Waals surface area contributed by atoms with E-state index in [2.05, 4.69) is 24.5 Å². The van der Waals surface area contributed by atoms with Crippen LogP contribution < -0.4 is 11.3 Å². The van der Waals surface area contributed by atoms with Gasteiger partial charge in [-0.15, -0.1) is 24.8 Å². The number of hydrogen-bond acceptors (Lipinski definition) is 2. The summed E-state index contributed by atoms with van der Waals surface area (Å²) in [5.41, 5.74) is 4.02. The fraction of sp³-hybridized carbons (Fsp3) is 0.333. The number of benzene rings is 1. The topological polar surface area (TPSA) is 38.0 Å². The number of nitrogens with one attached hydrogen (secondary N) is 1. The molecule has 0 aromatic heterocycles. The molecular formula is C9H16Cl2N2. The van der Waals surface area contributed by atoms with Crippen LogP contribution >= 0.6 is 24.8 Å². The fourth-order valence-electron chi connectivity index (χ4n) is 1.14. The Morgan fingerprint density at radius 1 is 1.23 bits per heavy atom. The summed E-state index contributed by atoms with van der Waals surface area (Å²) in [5.74, 6) is 5.37. The normalized spacial score (nSPS) is 10.9. The highest BCUT2D eigenvalue weighted by molar-refractivity contribution is 5.85. The van der Waals surface area contributed by atoms with Crippen LogP contribution in [0, 0.1) is 0 Å². The van der Waals surface area contributed by atoms with Crippen LogP contribution in [0.3, 0.4) is 0 Å². The molecule has 0 bridgehead atoms. The highest BCUT2D eigenvalue weighted by atomic mass is 35.5. The number of nitrogens with two attached hydrogens (primary N) is 1. The predicted octanol–water partition coefficient (Wildman–Crippen LogP) is 2.44. The number of hydrogen-bond donors (Lipinski definition) is 2. The largest absolute Gasteiger partial charge is 0.271 e. The van der Waals surface area contributed by atoms with Crippen LogP contribution in [0.2, 0.25) is 0 Å². The van der Waals surface area contributed by atoms with Crippen molar-refractivity contribution < 1.29 is 0 Å². The summed E-state index contributed by atoms with van der Waals surface area (Å²) in [6.45, 7) is 2.11. The summed E-state index contributed by atoms with van der Waals surface area (Å²) in [7, 11) is 0. The van der Waals surface area contributed by atoms with Gasteiger partial charge in [0.05, 0.1) is 0 Å². The van der Waals surface area contributed by atoms with E-state index in [4.69, 9.17) is 5.84 Å². The van der Waals surface area contributed by atoms with Crippen molar-refractivity contribution >= 4 is 24.8 Å². The van der Waals surface area contributed by atoms with Crippen molar-refractivity contribution in [3.8, 4) is 0 Å². The van der Waals surface area contributed by atoms with Gasteiger partial charge in [0.1, 0.15) is 0 Å². The Bertz CT molecular complexity index is 200. The average Bonchev–Trinajstić information content (AvgIpc) is 2.09. The van der Waals surface area contributed by atoms with Crippen LogP contribution in [0.4, 0.5) is 0 Å². The standard InChI is InChI=1S/C9H14N2.2ClH/c1-2-9(11-10)8-6-4-3-5-7-8;;/h3-7,9,11H,2,10H2,1H3;2*1H. The number of rotatable bonds is 3. The van der Waals surface area contributed by atoms with Gasteiger partial charge in [0.15, 0.2) is 0 Å². The van der Waals surface area contributed by atoms with Crippen molar-refractivity contribution in [3.05, 3.63) is 35.9 Å². The van der Waals surface area contributed by atoms with Crippen molar-refractivity contribution in [3.63, 3.8) is 0 Å². The van der Waals surface area contributed by atoms with Crippen molar-refractivity contribution in [2.45, 2.75) is 19.4 Å². The zero-order valence-electron chi connectivity index (χ0n) is 7.57. The Labute approximate surface area is 91.7 Å². The molecule has 0 radical (unpaired) electrons. The Morgan fingerprint density at radius 3 is 2.15 bits per heavy atom. The van der Waals surface area contributed by atoms with Crippen molar-refractivity contribution in [2.24, 2.45) is 5.84 Å². The summed E-state index contributed by atoms with van der Waals surface area (Å²) in [6, 6.07) is 10.5. The van der Waals surface area contributed by atoms with E-state index >= 15 is 0 Å². The monoisotopic (exact) mass is 222 g/mol. The molecule has 0 saturated carbocycles. The molecule has 0 aliphatic carbocycles. The summed E-state index contributed by atoms with van der Waals surface area (Å²) < 4.78 is 0. The molecule has 2 nitrogen and oxygen atoms in total. The van der Waals surface area contributed by atoms with Crippen molar-refractivity contribution in [1.29, 1.82) is 0 Å². The van der Waals surface area contributed by atoms with Gasteiger partial charge < -0.3 is 0 Å². The van der Waals surface area contributed by atoms with Gasteiger partial charge >= 0.3 is 0 Å². The number of halogens is 2. The van der Waals surface area contributed by atoms with Gasteiger partial charge in [-0.3, -0.25) is 11.3 Å². The van der Waals surface area contributed by atoms with Gasteiger partial charge in [0, 0.05) is 6.04 Å². The lowest BCUT2D eigenvalue weighted by molar-refractivity contribution is 0.539. The van der Waals surface area contributed by atoms with Crippen LogP contribution in [-0.2, 0) is 0 Å². The minimum atomic E-state index is 0. The predicted molar refractivity (Wildman–Crippen MR) is 61.3 cm³/mol. The molecule has 1 aromatic rings. The number of hydrazine groups is 1. The van der Waals surface area contributed by atoms with Gasteiger partial charge in [-0.25, -0.2) is 0 Å². The molecule has 0 spiro atoms. The Balaban J connectivity index is 0. The van der Waals surface area contributed by atoms with Gasteiger partial charge in [0.25, 0.3) is 0 Å². The Morgan fingerprint density at radius 2 is 1.77 bits per heavy atom. The first kappa shape index (κ1) is 15.2. The quantitative estimate of drug-likeness (QED) is 0.610. The lowest BCUT2D eigenvalue weighted by atomic mass is 10.1. The second-order valence-corrected chi connectivity index (χ2v) is 2.54. The highest BCUT2D eigenvalue weighted by Gasteiger charge is 2.03. The lowest BCUT2D eigenvalue weighted by Gasteiger charge is -2.12. The molecule has 1 aromatic carbocycles. The molecule has 76 valence electrons. The van der Waals surface area contributed by atoms with Gasteiger partial charge in [-0.05, 0) is 12.0 Å². The molecule has 0 saturated heterocycles. The summed E-state index contributed by atoms with van der Waals surface area (Å²) in [4.78, 5) is 0. The van der Waals surface area contributed by atoms with Gasteiger partial charge in [-0.1, -0.05) is 37.3 Å². The smallest absolute Gasteiger partial charge is 0.0457 e. The first-order valence-corrected chi connectivity index (χ1v) is 3.89. The Kier molecular flexibility index (Phi) is 9.74. The van der Waals surface area contributed by atoms with Crippen LogP contribution in [0.25, 0.3) is 0 Å². The molecule has 4 heteroatoms. The SMILES string of the molecule is CCC(NN)c1ccccc1.Cl.Cl. The molecule has 0 fully saturated rings. The van der Waals surface area contributed by atoms with E-state index in [-0.39, 0.29) is 30.9 Å². The van der Waals surface area contributed by atoms with Crippen LogP contribution in [0.15, 0.2) is 30.3 Å². The van der Waals surface area contributed by atoms with Gasteiger partial charge in [-0.2, -0.15) is 0 Å². The molecule has 13 heavy (non-hydrogen) atoms. The van der Waals surface area contributed by atoms with E-state index in [1.54, 1.807) is 0 Å². The summed E-state index contributed by atoms with van der Waals surface area (Å²) in [5, 5.41) is 0. The second-order valence-electron chi connectivity index (χ2n) is 2.54. The first-order chi connectivity index (χ1) is 5.38. The molecule has 0 aliphatic rings. The maximum Gasteiger partial charge on any atom is 0.0457 e. The summed E-state index contributed by atoms with van der Waals surface area (Å²) >= 11 is 0. The lowest BCUT2D eigenvalue weighted by Crippen LogP contribution is -2.27. The van der Waals surface area contributed by atoms with Crippen molar-refractivity contribution in [1.82, 2.24) is 5.43 Å². The minimum Gasteiger partial charge on any atom is -0.271 e. The molecule has 3 N–H and O–H groups in total. The molecular weight excluding hydrogens is 207 g/mol. The average molecular weight is 223 g/mol. The van der Waals surface area contributed by atoms with E-state index in [0.29, 0.717) is 0 Å². The highest BCUT2D eigenvalue weighted by Crippen LogP contribution is 2.13. The second kappa shape index (κ2) is 8.32. The summed E-state index contributed by atoms with van der Waals surface area (Å²) in [6.07, 6.45) is 1.01. The van der Waals surface area contributed by atoms with Gasteiger partial charge in [0.2, 0.25) is 0 Å². The maximum atomic E-state index is 5.37. The van der Waals surface area contributed by atoms with E-state index in [9.17, 15) is 0 Å². The van der Waals surface area contributed by atoms with E-state index < -0.39 is 0 Å². The molecule has 1 atom stereocenters. The zero-order chi connectivity index (χ0) is 8.10. The molecule has 1 unspecified atom stereocenters. The van der Waals surface area contributed by atoms with E-state index in [0.717, 1.165) is 6.42 Å². The molecule has 0 heterocycles. The van der Waals surface area contributed by atoms with E-state index in [1.165, 1.54) is 5.56 Å². The van der Waals surface area contributed by atoms with Crippen LogP contribution in [-0.4, -0.2) is 0 Å². The zero-order valence-corrected chi connectivity index (χ0v) is 9.20. The third-order valence-electron chi connectivity index (χ3n) is 1.81. The minimum absolute atomic E-state index is 0. The van der Waals surface area contributed by atoms with E-state index in [1.807, 2.05) is 18.2 Å². The first-order valence-electron chi connectivity index (χ1n) is 3.89. The van der Waals surface area contributed by atoms with Crippen molar-refractivity contribution in [2.75, 3.05) is 0 Å². The van der Waals surface area contributed by atoms with Crippen LogP contribution in [0.5, 0.6) is 0 Å². The third-order valence-corrected chi connectivity index (χ3v) is 1.81. The third kappa shape index (κ3) is 4.48. The molecule has 1 rings (SSSR count). The van der Waals surface area contributed by atoms with Crippen LogP contribution in [0.1, 0.15) is 24.9 Å². The fourth-order valence-corrected chi connectivity index (χ4v) is 1.14. The molecule has 0 aliphatic heterocycles. The Hall–Kier alpha value is -0.280.